The highest BCUT2D eigenvalue weighted by molar-refractivity contribution is 5.99. The van der Waals surface area contributed by atoms with Gasteiger partial charge in [0.25, 0.3) is 0 Å². The van der Waals surface area contributed by atoms with E-state index in [2.05, 4.69) is 196 Å². The van der Waals surface area contributed by atoms with E-state index in [4.69, 9.17) is 9.97 Å². The predicted octanol–water partition coefficient (Wildman–Crippen LogP) is 13.5. The number of benzene rings is 4. The van der Waals surface area contributed by atoms with Crippen molar-refractivity contribution in [3.8, 4) is 44.5 Å². The van der Waals surface area contributed by atoms with Crippen LogP contribution in [0, 0.1) is 6.92 Å². The number of fused-ring (bicyclic) bond motifs is 8. The zero-order chi connectivity index (χ0) is 37.7. The van der Waals surface area contributed by atoms with Gasteiger partial charge in [-0.3, -0.25) is 0 Å². The van der Waals surface area contributed by atoms with Gasteiger partial charge in [0.2, 0.25) is 0 Å². The number of aromatic amines is 2. The number of aryl methyl sites for hydroxylation is 2. The molecule has 8 bridgehead atoms. The first kappa shape index (κ1) is 34.3. The minimum atomic E-state index is 0.0438. The Morgan fingerprint density at radius 3 is 1.18 bits per heavy atom. The summed E-state index contributed by atoms with van der Waals surface area (Å²) in [7, 11) is 0. The summed E-state index contributed by atoms with van der Waals surface area (Å²) in [5.41, 5.74) is 20.1. The number of nitrogens with one attached hydrogen (secondary N) is 2. The van der Waals surface area contributed by atoms with Gasteiger partial charge in [-0.05, 0) is 101 Å². The number of nitrogens with zero attached hydrogens (tertiary/aromatic N) is 2. The summed E-state index contributed by atoms with van der Waals surface area (Å²) in [4.78, 5) is 18.6. The van der Waals surface area contributed by atoms with Gasteiger partial charge in [0.1, 0.15) is 0 Å². The number of rotatable bonds is 5. The van der Waals surface area contributed by atoms with Crippen molar-refractivity contribution < 1.29 is 0 Å². The van der Waals surface area contributed by atoms with E-state index in [0.29, 0.717) is 0 Å². The van der Waals surface area contributed by atoms with Crippen LogP contribution in [0.25, 0.3) is 90.9 Å². The monoisotopic (exact) mass is 712 g/mol. The SMILES string of the molecule is CCc1ccc(-c2c3nc(c(-c4ccc(C(C)(C)C)cc4)c4ccc([nH]4)c(-c4ccc(C)cc4)c4nc(c(-c5ccccc5)c5ccc2[nH]5)C=C4)C=C3)cc1. The third-order valence-corrected chi connectivity index (χ3v) is 10.8. The van der Waals surface area contributed by atoms with E-state index in [1.165, 1.54) is 16.7 Å². The Bertz CT molecular complexity index is 2790. The van der Waals surface area contributed by atoms with Gasteiger partial charge in [-0.2, -0.15) is 0 Å². The molecule has 0 spiro atoms. The standard InChI is InChI=1S/C51H44N4/c1-6-33-14-18-36(19-15-33)49-43-27-25-40(53-43)47(34-10-8-7-9-11-34)39-24-26-41(52-39)48(35-16-12-32(2)13-17-35)42-28-30-45(54-42)50(46-31-29-44(49)55-46)37-20-22-38(23-21-37)51(3,4)5/h7-31,53-54H,6H2,1-5H3. The number of hydrogen-bond donors (Lipinski definition) is 2. The summed E-state index contributed by atoms with van der Waals surface area (Å²) < 4.78 is 0. The van der Waals surface area contributed by atoms with Gasteiger partial charge in [-0.15, -0.1) is 0 Å². The molecular weight excluding hydrogens is 669 g/mol. The Kier molecular flexibility index (Phi) is 8.54. The molecule has 2 aliphatic rings. The van der Waals surface area contributed by atoms with Crippen LogP contribution in [-0.4, -0.2) is 19.9 Å². The van der Waals surface area contributed by atoms with Crippen LogP contribution in [0.15, 0.2) is 127 Å². The lowest BCUT2D eigenvalue weighted by Gasteiger charge is -2.19. The Morgan fingerprint density at radius 1 is 0.436 bits per heavy atom. The summed E-state index contributed by atoms with van der Waals surface area (Å²) in [6.45, 7) is 11.1. The molecule has 9 rings (SSSR count). The van der Waals surface area contributed by atoms with E-state index in [1.54, 1.807) is 0 Å². The fourth-order valence-corrected chi connectivity index (χ4v) is 7.79. The van der Waals surface area contributed by atoms with E-state index in [-0.39, 0.29) is 5.41 Å². The van der Waals surface area contributed by atoms with Crippen molar-refractivity contribution in [1.29, 1.82) is 0 Å². The third-order valence-electron chi connectivity index (χ3n) is 10.8. The lowest BCUT2D eigenvalue weighted by molar-refractivity contribution is 0.590. The fourth-order valence-electron chi connectivity index (χ4n) is 7.79. The summed E-state index contributed by atoms with van der Waals surface area (Å²) >= 11 is 0. The second kappa shape index (κ2) is 13.7. The van der Waals surface area contributed by atoms with Crippen LogP contribution in [0.2, 0.25) is 0 Å². The van der Waals surface area contributed by atoms with Crippen LogP contribution < -0.4 is 0 Å². The molecule has 268 valence electrons. The van der Waals surface area contributed by atoms with Crippen molar-refractivity contribution in [2.24, 2.45) is 0 Å². The van der Waals surface area contributed by atoms with Crippen LogP contribution >= 0.6 is 0 Å². The van der Waals surface area contributed by atoms with E-state index in [1.807, 2.05) is 0 Å². The van der Waals surface area contributed by atoms with E-state index < -0.39 is 0 Å². The Morgan fingerprint density at radius 2 is 0.800 bits per heavy atom. The zero-order valence-electron chi connectivity index (χ0n) is 32.0. The largest absolute Gasteiger partial charge is 0.354 e. The Labute approximate surface area is 323 Å². The second-order valence-corrected chi connectivity index (χ2v) is 15.6. The minimum Gasteiger partial charge on any atom is -0.354 e. The summed E-state index contributed by atoms with van der Waals surface area (Å²) in [5, 5.41) is 0. The first-order valence-corrected chi connectivity index (χ1v) is 19.2. The van der Waals surface area contributed by atoms with E-state index in [0.717, 1.165) is 95.8 Å². The van der Waals surface area contributed by atoms with Gasteiger partial charge in [0.15, 0.2) is 0 Å². The Balaban J connectivity index is 1.44. The topological polar surface area (TPSA) is 57.4 Å². The van der Waals surface area contributed by atoms with Gasteiger partial charge in [0, 0.05) is 44.3 Å². The summed E-state index contributed by atoms with van der Waals surface area (Å²) in [5.74, 6) is 0. The van der Waals surface area contributed by atoms with Crippen LogP contribution in [0.1, 0.15) is 67.2 Å². The van der Waals surface area contributed by atoms with Crippen LogP contribution in [-0.2, 0) is 11.8 Å². The van der Waals surface area contributed by atoms with Crippen molar-refractivity contribution in [2.45, 2.75) is 46.5 Å². The third kappa shape index (κ3) is 6.44. The van der Waals surface area contributed by atoms with Crippen molar-refractivity contribution >= 4 is 46.4 Å². The molecule has 5 heterocycles. The molecule has 0 radical (unpaired) electrons. The maximum absolute atomic E-state index is 5.47. The molecule has 2 N–H and O–H groups in total. The summed E-state index contributed by atoms with van der Waals surface area (Å²) in [6, 6.07) is 45.9. The molecule has 0 unspecified atom stereocenters. The molecular formula is C51H44N4. The molecule has 2 aliphatic heterocycles. The highest BCUT2D eigenvalue weighted by Gasteiger charge is 2.20. The molecule has 0 aliphatic carbocycles. The van der Waals surface area contributed by atoms with Crippen LogP contribution in [0.3, 0.4) is 0 Å². The molecule has 4 aromatic carbocycles. The van der Waals surface area contributed by atoms with E-state index in [9.17, 15) is 0 Å². The highest BCUT2D eigenvalue weighted by Crippen LogP contribution is 2.39. The molecule has 7 aromatic rings. The Hall–Kier alpha value is -6.52. The highest BCUT2D eigenvalue weighted by atomic mass is 14.8. The lowest BCUT2D eigenvalue weighted by atomic mass is 9.86. The maximum atomic E-state index is 5.47. The fraction of sp³-hybridized carbons (Fsp3) is 0.137. The van der Waals surface area contributed by atoms with Gasteiger partial charge in [0.05, 0.1) is 22.8 Å². The van der Waals surface area contributed by atoms with Gasteiger partial charge in [-0.25, -0.2) is 9.97 Å². The van der Waals surface area contributed by atoms with Gasteiger partial charge >= 0.3 is 0 Å². The molecule has 0 atom stereocenters. The average Bonchev–Trinajstić information content (AvgIpc) is 4.04. The number of hydrogen-bond acceptors (Lipinski definition) is 2. The van der Waals surface area contributed by atoms with Crippen molar-refractivity contribution in [3.05, 3.63) is 167 Å². The lowest BCUT2D eigenvalue weighted by Crippen LogP contribution is -2.10. The molecule has 0 fully saturated rings. The minimum absolute atomic E-state index is 0.0438. The molecule has 4 heteroatoms. The number of H-pyrrole nitrogens is 2. The average molecular weight is 713 g/mol. The number of aromatic nitrogens is 4. The van der Waals surface area contributed by atoms with Crippen LogP contribution in [0.5, 0.6) is 0 Å². The molecule has 55 heavy (non-hydrogen) atoms. The molecule has 4 nitrogen and oxygen atoms in total. The quantitative estimate of drug-likeness (QED) is 0.187. The molecule has 0 saturated heterocycles. The van der Waals surface area contributed by atoms with Gasteiger partial charge in [-0.1, -0.05) is 136 Å². The zero-order valence-corrected chi connectivity index (χ0v) is 32.0. The second-order valence-electron chi connectivity index (χ2n) is 15.6. The maximum Gasteiger partial charge on any atom is 0.0737 e. The first-order chi connectivity index (χ1) is 26.7. The van der Waals surface area contributed by atoms with Crippen molar-refractivity contribution in [2.75, 3.05) is 0 Å². The molecule has 3 aromatic heterocycles. The van der Waals surface area contributed by atoms with Gasteiger partial charge < -0.3 is 9.97 Å². The van der Waals surface area contributed by atoms with Crippen molar-refractivity contribution in [1.82, 2.24) is 19.9 Å². The van der Waals surface area contributed by atoms with Crippen molar-refractivity contribution in [3.63, 3.8) is 0 Å². The predicted molar refractivity (Wildman–Crippen MR) is 233 cm³/mol. The van der Waals surface area contributed by atoms with Crippen LogP contribution in [0.4, 0.5) is 0 Å². The molecule has 0 saturated carbocycles. The normalized spacial score (nSPS) is 12.4. The smallest absolute Gasteiger partial charge is 0.0737 e. The first-order valence-electron chi connectivity index (χ1n) is 19.2. The summed E-state index contributed by atoms with van der Waals surface area (Å²) in [6.07, 6.45) is 9.63. The molecule has 0 amide bonds. The van der Waals surface area contributed by atoms with E-state index >= 15 is 0 Å².